The largest absolute Gasteiger partial charge is 0.379 e. The molecule has 0 spiro atoms. The zero-order valence-corrected chi connectivity index (χ0v) is 11.6. The van der Waals surface area contributed by atoms with E-state index < -0.39 is 0 Å². The van der Waals surface area contributed by atoms with E-state index in [0.29, 0.717) is 12.5 Å². The molecule has 0 saturated carbocycles. The van der Waals surface area contributed by atoms with E-state index in [-0.39, 0.29) is 0 Å². The highest BCUT2D eigenvalue weighted by Crippen LogP contribution is 2.13. The van der Waals surface area contributed by atoms with Gasteiger partial charge in [0.1, 0.15) is 11.6 Å². The molecule has 0 aliphatic heterocycles. The van der Waals surface area contributed by atoms with Crippen LogP contribution in [0.25, 0.3) is 0 Å². The van der Waals surface area contributed by atoms with Gasteiger partial charge in [0.05, 0.1) is 13.2 Å². The minimum absolute atomic E-state index is 0.342. The number of hydrogen-bond acceptors (Lipinski definition) is 4. The van der Waals surface area contributed by atoms with E-state index in [1.807, 2.05) is 19.1 Å². The number of anilines is 1. The van der Waals surface area contributed by atoms with Crippen molar-refractivity contribution in [1.29, 1.82) is 0 Å². The lowest BCUT2D eigenvalue weighted by Crippen LogP contribution is -2.12. The maximum Gasteiger partial charge on any atom is 0.133 e. The highest BCUT2D eigenvalue weighted by molar-refractivity contribution is 5.36. The predicted octanol–water partition coefficient (Wildman–Crippen LogP) is 2.91. The molecule has 1 rings (SSSR count). The number of aryl methyl sites for hydroxylation is 1. The van der Waals surface area contributed by atoms with Crippen molar-refractivity contribution in [1.82, 2.24) is 9.97 Å². The maximum absolute atomic E-state index is 5.43. The van der Waals surface area contributed by atoms with Crippen molar-refractivity contribution in [3.8, 4) is 0 Å². The van der Waals surface area contributed by atoms with E-state index in [9.17, 15) is 0 Å². The first-order valence-corrected chi connectivity index (χ1v) is 6.41. The van der Waals surface area contributed by atoms with Gasteiger partial charge in [-0.05, 0) is 13.3 Å². The van der Waals surface area contributed by atoms with Gasteiger partial charge in [-0.2, -0.15) is 0 Å². The lowest BCUT2D eigenvalue weighted by molar-refractivity contribution is 0.149. The third-order valence-corrected chi connectivity index (χ3v) is 2.41. The Morgan fingerprint density at radius 1 is 1.39 bits per heavy atom. The Bertz CT molecular complexity index is 377. The van der Waals surface area contributed by atoms with E-state index in [1.54, 1.807) is 0 Å². The van der Waals surface area contributed by atoms with Gasteiger partial charge in [0.25, 0.3) is 0 Å². The van der Waals surface area contributed by atoms with Crippen molar-refractivity contribution in [2.45, 2.75) is 33.1 Å². The molecule has 0 aliphatic rings. The first-order chi connectivity index (χ1) is 8.63. The van der Waals surface area contributed by atoms with Crippen LogP contribution in [0.3, 0.4) is 0 Å². The summed E-state index contributed by atoms with van der Waals surface area (Å²) >= 11 is 0. The van der Waals surface area contributed by atoms with Crippen molar-refractivity contribution >= 4 is 5.82 Å². The number of hydrogen-bond donors (Lipinski definition) is 1. The van der Waals surface area contributed by atoms with Gasteiger partial charge in [0.15, 0.2) is 0 Å². The van der Waals surface area contributed by atoms with Gasteiger partial charge in [-0.25, -0.2) is 9.97 Å². The molecule has 1 heterocycles. The molecule has 1 aromatic heterocycles. The fourth-order valence-corrected chi connectivity index (χ4v) is 1.46. The Labute approximate surface area is 109 Å². The van der Waals surface area contributed by atoms with Crippen molar-refractivity contribution < 1.29 is 4.74 Å². The molecule has 0 fully saturated rings. The van der Waals surface area contributed by atoms with E-state index >= 15 is 0 Å². The standard InChI is InChI=1S/C14H23N3O/c1-5-6-8-18-9-7-15-13-10-12(4)16-14(17-13)11(2)3/h5,10-11H,1,6-9H2,2-4H3,(H,15,16,17). The zero-order valence-electron chi connectivity index (χ0n) is 11.6. The minimum atomic E-state index is 0.342. The van der Waals surface area contributed by atoms with Crippen LogP contribution in [0.5, 0.6) is 0 Å². The number of nitrogens with one attached hydrogen (secondary N) is 1. The molecule has 18 heavy (non-hydrogen) atoms. The molecular formula is C14H23N3O. The SMILES string of the molecule is C=CCCOCCNc1cc(C)nc(C(C)C)n1. The molecule has 0 saturated heterocycles. The number of aromatic nitrogens is 2. The molecule has 0 radical (unpaired) electrons. The van der Waals surface area contributed by atoms with E-state index in [0.717, 1.165) is 36.9 Å². The normalized spacial score (nSPS) is 10.7. The molecule has 1 aromatic rings. The summed E-state index contributed by atoms with van der Waals surface area (Å²) in [6, 6.07) is 1.95. The minimum Gasteiger partial charge on any atom is -0.379 e. The Morgan fingerprint density at radius 3 is 2.83 bits per heavy atom. The van der Waals surface area contributed by atoms with Gasteiger partial charge < -0.3 is 10.1 Å². The molecule has 0 unspecified atom stereocenters. The summed E-state index contributed by atoms with van der Waals surface area (Å²) in [5, 5.41) is 3.26. The molecule has 0 aromatic carbocycles. The second-order valence-corrected chi connectivity index (χ2v) is 4.52. The Hall–Kier alpha value is -1.42. The quantitative estimate of drug-likeness (QED) is 0.568. The lowest BCUT2D eigenvalue weighted by atomic mass is 10.2. The molecule has 0 atom stereocenters. The van der Waals surface area contributed by atoms with Crippen molar-refractivity contribution in [2.24, 2.45) is 0 Å². The average molecular weight is 249 g/mol. The Morgan fingerprint density at radius 2 is 2.17 bits per heavy atom. The van der Waals surface area contributed by atoms with Gasteiger partial charge in [-0.3, -0.25) is 0 Å². The molecule has 0 amide bonds. The fraction of sp³-hybridized carbons (Fsp3) is 0.571. The molecule has 0 aliphatic carbocycles. The van der Waals surface area contributed by atoms with Crippen LogP contribution < -0.4 is 5.32 Å². The van der Waals surface area contributed by atoms with E-state index in [1.165, 1.54) is 0 Å². The summed E-state index contributed by atoms with van der Waals surface area (Å²) in [6.45, 7) is 12.0. The first kappa shape index (κ1) is 14.6. The monoisotopic (exact) mass is 249 g/mol. The van der Waals surface area contributed by atoms with Crippen molar-refractivity contribution in [2.75, 3.05) is 25.1 Å². The summed E-state index contributed by atoms with van der Waals surface area (Å²) in [4.78, 5) is 8.88. The highest BCUT2D eigenvalue weighted by atomic mass is 16.5. The number of nitrogens with zero attached hydrogens (tertiary/aromatic N) is 2. The van der Waals surface area contributed by atoms with E-state index in [4.69, 9.17) is 4.74 Å². The van der Waals surface area contributed by atoms with Crippen molar-refractivity contribution in [3.05, 3.63) is 30.2 Å². The number of ether oxygens (including phenoxy) is 1. The third-order valence-electron chi connectivity index (χ3n) is 2.41. The van der Waals surface area contributed by atoms with E-state index in [2.05, 4.69) is 35.7 Å². The van der Waals surface area contributed by atoms with Gasteiger partial charge >= 0.3 is 0 Å². The van der Waals surface area contributed by atoms with Crippen LogP contribution in [0.2, 0.25) is 0 Å². The molecule has 1 N–H and O–H groups in total. The zero-order chi connectivity index (χ0) is 13.4. The third kappa shape index (κ3) is 5.27. The predicted molar refractivity (Wildman–Crippen MR) is 75.0 cm³/mol. The van der Waals surface area contributed by atoms with Gasteiger partial charge in [-0.15, -0.1) is 6.58 Å². The molecule has 4 nitrogen and oxygen atoms in total. The van der Waals surface area contributed by atoms with Crippen LogP contribution in [0.4, 0.5) is 5.82 Å². The highest BCUT2D eigenvalue weighted by Gasteiger charge is 2.05. The summed E-state index contributed by atoms with van der Waals surface area (Å²) < 4.78 is 5.43. The summed E-state index contributed by atoms with van der Waals surface area (Å²) in [7, 11) is 0. The van der Waals surface area contributed by atoms with Crippen LogP contribution in [-0.2, 0) is 4.74 Å². The second kappa shape index (κ2) is 7.82. The first-order valence-electron chi connectivity index (χ1n) is 6.41. The van der Waals surface area contributed by atoms with Crippen LogP contribution in [0.1, 0.15) is 37.7 Å². The lowest BCUT2D eigenvalue weighted by Gasteiger charge is -2.10. The van der Waals surface area contributed by atoms with Gasteiger partial charge in [-0.1, -0.05) is 19.9 Å². The molecular weight excluding hydrogens is 226 g/mol. The summed E-state index contributed by atoms with van der Waals surface area (Å²) in [5.41, 5.74) is 0.990. The van der Waals surface area contributed by atoms with Crippen LogP contribution in [0.15, 0.2) is 18.7 Å². The Kier molecular flexibility index (Phi) is 6.36. The molecule has 0 bridgehead atoms. The van der Waals surface area contributed by atoms with Gasteiger partial charge in [0, 0.05) is 24.2 Å². The summed E-state index contributed by atoms with van der Waals surface area (Å²) in [6.07, 6.45) is 2.75. The maximum atomic E-state index is 5.43. The van der Waals surface area contributed by atoms with Crippen LogP contribution in [-0.4, -0.2) is 29.7 Å². The van der Waals surface area contributed by atoms with Crippen LogP contribution >= 0.6 is 0 Å². The van der Waals surface area contributed by atoms with Crippen molar-refractivity contribution in [3.63, 3.8) is 0 Å². The topological polar surface area (TPSA) is 47.0 Å². The molecule has 100 valence electrons. The van der Waals surface area contributed by atoms with Crippen LogP contribution in [0, 0.1) is 6.92 Å². The average Bonchev–Trinajstić information content (AvgIpc) is 2.33. The number of rotatable bonds is 8. The fourth-order valence-electron chi connectivity index (χ4n) is 1.46. The smallest absolute Gasteiger partial charge is 0.133 e. The second-order valence-electron chi connectivity index (χ2n) is 4.52. The Balaban J connectivity index is 2.39. The summed E-state index contributed by atoms with van der Waals surface area (Å²) in [5.74, 6) is 2.10. The molecule has 4 heteroatoms. The van der Waals surface area contributed by atoms with Gasteiger partial charge in [0.2, 0.25) is 0 Å².